The van der Waals surface area contributed by atoms with E-state index in [1.54, 1.807) is 0 Å². The van der Waals surface area contributed by atoms with Crippen LogP contribution in [-0.4, -0.2) is 9.97 Å². The van der Waals surface area contributed by atoms with Gasteiger partial charge in [0, 0.05) is 32.6 Å². The lowest BCUT2D eigenvalue weighted by Gasteiger charge is -2.20. The molecule has 0 radical (unpaired) electrons. The van der Waals surface area contributed by atoms with Crippen LogP contribution in [0.4, 0.5) is 0 Å². The minimum Gasteiger partial charge on any atom is -0.337 e. The van der Waals surface area contributed by atoms with E-state index in [4.69, 9.17) is 4.98 Å². The van der Waals surface area contributed by atoms with Gasteiger partial charge < -0.3 is 9.55 Å². The molecule has 0 atom stereocenters. The molecule has 0 unspecified atom stereocenters. The predicted molar refractivity (Wildman–Crippen MR) is 154 cm³/mol. The standard InChI is InChI=1S/C33H25N2OP/c36-37(28-17-9-3-10-18-28,29-19-11-4-12-20-29)30-23-21-27(22-24-30)33-34-31(25-13-5-1-6-14-25)32(35-33)26-15-7-2-8-16-26/h1-24H,(H,34,35). The van der Waals surface area contributed by atoms with E-state index >= 15 is 0 Å². The monoisotopic (exact) mass is 496 g/mol. The summed E-state index contributed by atoms with van der Waals surface area (Å²) in [6.07, 6.45) is 0. The molecule has 6 aromatic rings. The maximum atomic E-state index is 14.7. The SMILES string of the molecule is O=P(c1ccccc1)(c1ccccc1)c1ccc(-c2nc(-c3ccccc3)c(-c3ccccc3)[nH]2)cc1. The summed E-state index contributed by atoms with van der Waals surface area (Å²) in [7, 11) is -3.02. The van der Waals surface area contributed by atoms with Crippen molar-refractivity contribution in [1.82, 2.24) is 9.97 Å². The van der Waals surface area contributed by atoms with Crippen LogP contribution in [0.5, 0.6) is 0 Å². The molecule has 0 fully saturated rings. The summed E-state index contributed by atoms with van der Waals surface area (Å²) in [5.74, 6) is 0.776. The molecule has 0 aliphatic heterocycles. The molecular weight excluding hydrogens is 471 g/mol. The lowest BCUT2D eigenvalue weighted by molar-refractivity contribution is 0.592. The summed E-state index contributed by atoms with van der Waals surface area (Å²) in [6, 6.07) is 47.9. The molecule has 0 saturated carbocycles. The quantitative estimate of drug-likeness (QED) is 0.251. The number of hydrogen-bond acceptors (Lipinski definition) is 2. The first kappa shape index (κ1) is 23.0. The molecule has 178 valence electrons. The molecule has 1 aromatic heterocycles. The molecule has 0 aliphatic rings. The number of hydrogen-bond donors (Lipinski definition) is 1. The zero-order valence-electron chi connectivity index (χ0n) is 20.2. The van der Waals surface area contributed by atoms with Gasteiger partial charge in [-0.2, -0.15) is 0 Å². The van der Waals surface area contributed by atoms with Gasteiger partial charge in [0.2, 0.25) is 0 Å². The third-order valence-corrected chi connectivity index (χ3v) is 9.63. The molecule has 0 amide bonds. The molecule has 0 aliphatic carbocycles. The molecule has 5 aromatic carbocycles. The highest BCUT2D eigenvalue weighted by Gasteiger charge is 2.29. The number of benzene rings is 5. The third-order valence-electron chi connectivity index (χ3n) is 6.56. The van der Waals surface area contributed by atoms with Crippen LogP contribution in [-0.2, 0) is 4.57 Å². The minimum atomic E-state index is -3.02. The highest BCUT2D eigenvalue weighted by Crippen LogP contribution is 2.42. The maximum absolute atomic E-state index is 14.7. The molecule has 0 bridgehead atoms. The molecule has 0 saturated heterocycles. The highest BCUT2D eigenvalue weighted by molar-refractivity contribution is 7.85. The molecule has 0 spiro atoms. The van der Waals surface area contributed by atoms with Crippen LogP contribution in [0.1, 0.15) is 0 Å². The Morgan fingerprint density at radius 2 is 0.892 bits per heavy atom. The zero-order valence-corrected chi connectivity index (χ0v) is 21.1. The van der Waals surface area contributed by atoms with Gasteiger partial charge in [0.25, 0.3) is 0 Å². The molecule has 3 nitrogen and oxygen atoms in total. The minimum absolute atomic E-state index is 0.776. The lowest BCUT2D eigenvalue weighted by atomic mass is 10.1. The average Bonchev–Trinajstić information content (AvgIpc) is 3.44. The van der Waals surface area contributed by atoms with Crippen LogP contribution in [0.3, 0.4) is 0 Å². The van der Waals surface area contributed by atoms with Gasteiger partial charge >= 0.3 is 0 Å². The molecule has 1 heterocycles. The Bertz CT molecular complexity index is 1560. The summed E-state index contributed by atoms with van der Waals surface area (Å²) < 4.78 is 14.7. The summed E-state index contributed by atoms with van der Waals surface area (Å²) in [5, 5.41) is 2.45. The maximum Gasteiger partial charge on any atom is 0.171 e. The Labute approximate surface area is 216 Å². The van der Waals surface area contributed by atoms with Crippen molar-refractivity contribution in [2.45, 2.75) is 0 Å². The molecule has 6 rings (SSSR count). The first-order valence-corrected chi connectivity index (χ1v) is 14.0. The van der Waals surface area contributed by atoms with Crippen molar-refractivity contribution in [2.24, 2.45) is 0 Å². The number of aromatic amines is 1. The van der Waals surface area contributed by atoms with Gasteiger partial charge in [-0.15, -0.1) is 0 Å². The number of imidazole rings is 1. The fourth-order valence-corrected chi connectivity index (χ4v) is 7.33. The number of rotatable bonds is 6. The molecule has 37 heavy (non-hydrogen) atoms. The number of aromatic nitrogens is 2. The summed E-state index contributed by atoms with van der Waals surface area (Å²) in [5.41, 5.74) is 4.96. The van der Waals surface area contributed by atoms with Gasteiger partial charge in [-0.1, -0.05) is 146 Å². The fourth-order valence-electron chi connectivity index (χ4n) is 4.68. The number of nitrogens with zero attached hydrogens (tertiary/aromatic N) is 1. The molecule has 4 heteroatoms. The van der Waals surface area contributed by atoms with Crippen molar-refractivity contribution in [3.63, 3.8) is 0 Å². The average molecular weight is 497 g/mol. The van der Waals surface area contributed by atoms with Gasteiger partial charge in [-0.05, 0) is 0 Å². The van der Waals surface area contributed by atoms with Crippen LogP contribution < -0.4 is 15.9 Å². The Balaban J connectivity index is 1.45. The van der Waals surface area contributed by atoms with E-state index in [9.17, 15) is 4.57 Å². The number of nitrogens with one attached hydrogen (secondary N) is 1. The van der Waals surface area contributed by atoms with Crippen molar-refractivity contribution in [1.29, 1.82) is 0 Å². The Hall–Kier alpha value is -4.46. The van der Waals surface area contributed by atoms with Gasteiger partial charge in [-0.25, -0.2) is 4.98 Å². The molecule has 1 N–H and O–H groups in total. The van der Waals surface area contributed by atoms with E-state index in [1.807, 2.05) is 121 Å². The highest BCUT2D eigenvalue weighted by atomic mass is 31.2. The van der Waals surface area contributed by atoms with Crippen molar-refractivity contribution in [3.8, 4) is 33.9 Å². The summed E-state index contributed by atoms with van der Waals surface area (Å²) in [6.45, 7) is 0. The van der Waals surface area contributed by atoms with E-state index < -0.39 is 7.14 Å². The van der Waals surface area contributed by atoms with Crippen LogP contribution in [0.25, 0.3) is 33.9 Å². The smallest absolute Gasteiger partial charge is 0.171 e. The van der Waals surface area contributed by atoms with E-state index in [-0.39, 0.29) is 0 Å². The first-order valence-electron chi connectivity index (χ1n) is 12.3. The van der Waals surface area contributed by atoms with Gasteiger partial charge in [0.05, 0.1) is 11.4 Å². The topological polar surface area (TPSA) is 45.8 Å². The van der Waals surface area contributed by atoms with E-state index in [1.165, 1.54) is 0 Å². The summed E-state index contributed by atoms with van der Waals surface area (Å²) in [4.78, 5) is 8.56. The van der Waals surface area contributed by atoms with Gasteiger partial charge in [-0.3, -0.25) is 0 Å². The Kier molecular flexibility index (Phi) is 6.14. The largest absolute Gasteiger partial charge is 0.337 e. The van der Waals surface area contributed by atoms with E-state index in [2.05, 4.69) is 29.2 Å². The predicted octanol–water partition coefficient (Wildman–Crippen LogP) is 7.05. The summed E-state index contributed by atoms with van der Waals surface area (Å²) >= 11 is 0. The van der Waals surface area contributed by atoms with E-state index in [0.29, 0.717) is 0 Å². The third kappa shape index (κ3) is 4.35. The second-order valence-electron chi connectivity index (χ2n) is 8.87. The lowest BCUT2D eigenvalue weighted by Crippen LogP contribution is -2.24. The second kappa shape index (κ2) is 9.89. The number of H-pyrrole nitrogens is 1. The fraction of sp³-hybridized carbons (Fsp3) is 0. The van der Waals surface area contributed by atoms with Crippen molar-refractivity contribution in [3.05, 3.63) is 146 Å². The van der Waals surface area contributed by atoms with Crippen molar-refractivity contribution >= 4 is 23.1 Å². The van der Waals surface area contributed by atoms with Crippen LogP contribution in [0.2, 0.25) is 0 Å². The Morgan fingerprint density at radius 1 is 0.459 bits per heavy atom. The van der Waals surface area contributed by atoms with Gasteiger partial charge in [0.15, 0.2) is 7.14 Å². The van der Waals surface area contributed by atoms with Crippen molar-refractivity contribution in [2.75, 3.05) is 0 Å². The first-order chi connectivity index (χ1) is 18.2. The zero-order chi connectivity index (χ0) is 25.1. The van der Waals surface area contributed by atoms with Crippen molar-refractivity contribution < 1.29 is 4.57 Å². The van der Waals surface area contributed by atoms with E-state index in [0.717, 1.165) is 49.8 Å². The van der Waals surface area contributed by atoms with Gasteiger partial charge in [0.1, 0.15) is 5.82 Å². The second-order valence-corrected chi connectivity index (χ2v) is 11.6. The van der Waals surface area contributed by atoms with Crippen LogP contribution in [0, 0.1) is 0 Å². The normalized spacial score (nSPS) is 11.4. The van der Waals surface area contributed by atoms with Crippen LogP contribution >= 0.6 is 7.14 Å². The molecular formula is C33H25N2OP. The van der Waals surface area contributed by atoms with Crippen LogP contribution in [0.15, 0.2) is 146 Å². The Morgan fingerprint density at radius 3 is 1.41 bits per heavy atom.